The van der Waals surface area contributed by atoms with E-state index in [1.165, 1.54) is 26.9 Å². The minimum absolute atomic E-state index is 0.00334. The largest absolute Gasteiger partial charge is 0.388 e. The molecule has 3 heterocycles. The normalized spacial score (nSPS) is 18.7. The van der Waals surface area contributed by atoms with Gasteiger partial charge in [-0.1, -0.05) is 42.5 Å². The van der Waals surface area contributed by atoms with E-state index in [0.717, 1.165) is 24.1 Å². The van der Waals surface area contributed by atoms with Gasteiger partial charge in [-0.25, -0.2) is 13.8 Å². The number of halogens is 2. The fraction of sp³-hybridized carbons (Fsp3) is 0.438. The third kappa shape index (κ3) is 5.59. The predicted octanol–water partition coefficient (Wildman–Crippen LogP) is 3.80. The van der Waals surface area contributed by atoms with Crippen LogP contribution >= 0.6 is 0 Å². The molecule has 1 saturated heterocycles. The molecular formula is C32H36F2N6O3. The van der Waals surface area contributed by atoms with Crippen LogP contribution in [0.5, 0.6) is 0 Å². The van der Waals surface area contributed by atoms with Gasteiger partial charge in [-0.2, -0.15) is 5.10 Å². The molecule has 0 radical (unpaired) electrons. The van der Waals surface area contributed by atoms with Crippen molar-refractivity contribution in [3.05, 3.63) is 81.9 Å². The van der Waals surface area contributed by atoms with Crippen molar-refractivity contribution in [2.45, 2.75) is 62.6 Å². The molecule has 2 aromatic carbocycles. The van der Waals surface area contributed by atoms with Gasteiger partial charge in [-0.05, 0) is 55.5 Å². The highest BCUT2D eigenvalue weighted by Crippen LogP contribution is 2.35. The number of alkyl halides is 2. The first-order chi connectivity index (χ1) is 20.7. The van der Waals surface area contributed by atoms with E-state index in [1.807, 2.05) is 13.1 Å². The first-order valence-corrected chi connectivity index (χ1v) is 14.7. The number of fused-ring (bicyclic) bond motifs is 2. The number of aliphatic hydroxyl groups is 1. The smallest absolute Gasteiger partial charge is 0.281 e. The van der Waals surface area contributed by atoms with Crippen LogP contribution in [0.15, 0.2) is 59.7 Å². The number of amides is 1. The number of nitrogens with zero attached hydrogens (tertiary/aromatic N) is 5. The quantitative estimate of drug-likeness (QED) is 0.324. The molecule has 2 aromatic heterocycles. The number of hydrogen-bond acceptors (Lipinski definition) is 6. The van der Waals surface area contributed by atoms with Gasteiger partial charge in [0.25, 0.3) is 5.56 Å². The molecule has 2 aliphatic rings. The summed E-state index contributed by atoms with van der Waals surface area (Å²) in [7, 11) is 3.76. The van der Waals surface area contributed by atoms with Crippen LogP contribution in [0.1, 0.15) is 54.3 Å². The molecule has 11 heteroatoms. The molecule has 4 aromatic rings. The molecular weight excluding hydrogens is 554 g/mol. The molecule has 2 N–H and O–H groups in total. The van der Waals surface area contributed by atoms with Crippen LogP contribution in [0.4, 0.5) is 8.78 Å². The van der Waals surface area contributed by atoms with Crippen molar-refractivity contribution in [2.75, 3.05) is 20.1 Å². The van der Waals surface area contributed by atoms with Gasteiger partial charge in [0.1, 0.15) is 5.52 Å². The molecule has 6 rings (SSSR count). The summed E-state index contributed by atoms with van der Waals surface area (Å²) >= 11 is 0. The lowest BCUT2D eigenvalue weighted by atomic mass is 9.90. The molecule has 0 saturated carbocycles. The van der Waals surface area contributed by atoms with Gasteiger partial charge < -0.3 is 15.3 Å². The summed E-state index contributed by atoms with van der Waals surface area (Å²) in [6.07, 6.45) is 0.928. The van der Waals surface area contributed by atoms with Crippen LogP contribution in [0, 0.1) is 0 Å². The van der Waals surface area contributed by atoms with Gasteiger partial charge in [0.2, 0.25) is 12.3 Å². The van der Waals surface area contributed by atoms with Gasteiger partial charge in [0.05, 0.1) is 30.1 Å². The van der Waals surface area contributed by atoms with Crippen molar-refractivity contribution in [1.29, 1.82) is 0 Å². The highest BCUT2D eigenvalue weighted by atomic mass is 19.3. The number of likely N-dealkylation sites (tertiary alicyclic amines) is 1. The predicted molar refractivity (Wildman–Crippen MR) is 159 cm³/mol. The monoisotopic (exact) mass is 590 g/mol. The summed E-state index contributed by atoms with van der Waals surface area (Å²) in [5, 5.41) is 19.2. The lowest BCUT2D eigenvalue weighted by molar-refractivity contribution is -0.137. The van der Waals surface area contributed by atoms with Crippen LogP contribution in [-0.4, -0.2) is 67.4 Å². The number of carbonyl (C=O) groups is 1. The molecule has 1 amide bonds. The number of aromatic nitrogens is 4. The zero-order valence-corrected chi connectivity index (χ0v) is 24.3. The molecule has 226 valence electrons. The number of rotatable bonds is 8. The van der Waals surface area contributed by atoms with Gasteiger partial charge >= 0.3 is 0 Å². The van der Waals surface area contributed by atoms with E-state index >= 15 is 0 Å². The Morgan fingerprint density at radius 3 is 2.58 bits per heavy atom. The van der Waals surface area contributed by atoms with E-state index in [1.54, 1.807) is 42.1 Å². The van der Waals surface area contributed by atoms with Crippen LogP contribution in [0.25, 0.3) is 22.3 Å². The number of hydrogen-bond donors (Lipinski definition) is 2. The number of aryl methyl sites for hydroxylation is 2. The van der Waals surface area contributed by atoms with Crippen molar-refractivity contribution >= 4 is 16.9 Å². The molecule has 1 aliphatic carbocycles. The highest BCUT2D eigenvalue weighted by Gasteiger charge is 2.36. The Labute approximate surface area is 248 Å². The van der Waals surface area contributed by atoms with Crippen molar-refractivity contribution in [2.24, 2.45) is 7.05 Å². The number of carbonyl (C=O) groups excluding carboxylic acids is 1. The minimum atomic E-state index is -2.66. The maximum atomic E-state index is 13.8. The third-order valence-electron chi connectivity index (χ3n) is 9.09. The number of piperidine rings is 1. The van der Waals surface area contributed by atoms with Gasteiger partial charge in [-0.3, -0.25) is 18.8 Å². The molecule has 1 fully saturated rings. The Balaban J connectivity index is 1.16. The van der Waals surface area contributed by atoms with E-state index < -0.39 is 17.9 Å². The van der Waals surface area contributed by atoms with Crippen LogP contribution in [0.2, 0.25) is 0 Å². The first kappa shape index (κ1) is 29.1. The molecule has 2 unspecified atom stereocenters. The lowest BCUT2D eigenvalue weighted by Gasteiger charge is -2.38. The summed E-state index contributed by atoms with van der Waals surface area (Å²) in [4.78, 5) is 32.6. The van der Waals surface area contributed by atoms with Crippen LogP contribution < -0.4 is 10.9 Å². The van der Waals surface area contributed by atoms with E-state index in [-0.39, 0.29) is 55.9 Å². The molecule has 9 nitrogen and oxygen atoms in total. The maximum absolute atomic E-state index is 13.8. The Morgan fingerprint density at radius 1 is 1.14 bits per heavy atom. The summed E-state index contributed by atoms with van der Waals surface area (Å²) < 4.78 is 30.6. The fourth-order valence-electron chi connectivity index (χ4n) is 6.61. The Hall–Kier alpha value is -3.96. The highest BCUT2D eigenvalue weighted by molar-refractivity contribution is 5.89. The third-order valence-corrected chi connectivity index (χ3v) is 9.09. The van der Waals surface area contributed by atoms with Gasteiger partial charge in [0.15, 0.2) is 5.52 Å². The fourth-order valence-corrected chi connectivity index (χ4v) is 6.61. The van der Waals surface area contributed by atoms with E-state index in [4.69, 9.17) is 0 Å². The molecule has 1 aliphatic heterocycles. The Bertz CT molecular complexity index is 1690. The standard InChI is InChI=1S/C32H36F2N6O3/c1-35-25-11-9-21-16-22(8-10-23(21)25)29-27-28(37-38(29)2)31(42)40(19-36-27)18-32(43)12-14-39(15-13-32)26(41)17-24(30(33)34)20-6-4-3-5-7-20/h3-8,10,16,19,24-25,30,35,43H,9,11-15,17-18H2,1-2H3. The zero-order chi connectivity index (χ0) is 30.3. The maximum Gasteiger partial charge on any atom is 0.281 e. The average molecular weight is 591 g/mol. The summed E-state index contributed by atoms with van der Waals surface area (Å²) in [6.45, 7) is 0.423. The molecule has 2 atom stereocenters. The lowest BCUT2D eigenvalue weighted by Crippen LogP contribution is -2.50. The number of benzene rings is 2. The molecule has 0 spiro atoms. The van der Waals surface area contributed by atoms with Crippen LogP contribution in [-0.2, 0) is 24.8 Å². The second-order valence-electron chi connectivity index (χ2n) is 11.8. The Morgan fingerprint density at radius 2 is 1.88 bits per heavy atom. The van der Waals surface area contributed by atoms with Crippen LogP contribution in [0.3, 0.4) is 0 Å². The van der Waals surface area contributed by atoms with Crippen molar-refractivity contribution in [1.82, 2.24) is 29.5 Å². The van der Waals surface area contributed by atoms with E-state index in [0.29, 0.717) is 17.1 Å². The van der Waals surface area contributed by atoms with Crippen molar-refractivity contribution in [3.63, 3.8) is 0 Å². The number of nitrogens with one attached hydrogen (secondary N) is 1. The molecule has 0 bridgehead atoms. The molecule has 43 heavy (non-hydrogen) atoms. The second-order valence-corrected chi connectivity index (χ2v) is 11.8. The van der Waals surface area contributed by atoms with E-state index in [2.05, 4.69) is 27.5 Å². The zero-order valence-electron chi connectivity index (χ0n) is 24.3. The summed E-state index contributed by atoms with van der Waals surface area (Å²) in [6, 6.07) is 15.0. The first-order valence-electron chi connectivity index (χ1n) is 14.7. The van der Waals surface area contributed by atoms with Crippen molar-refractivity contribution in [3.8, 4) is 11.3 Å². The SMILES string of the molecule is CNC1CCc2cc(-c3c4ncn(CC5(O)CCN(C(=O)CC(c6ccccc6)C(F)F)CC5)c(=O)c4nn3C)ccc21. The van der Waals surface area contributed by atoms with Crippen molar-refractivity contribution < 1.29 is 18.7 Å². The second kappa shape index (κ2) is 11.6. The average Bonchev–Trinajstić information content (AvgIpc) is 3.57. The topological polar surface area (TPSA) is 105 Å². The van der Waals surface area contributed by atoms with E-state index in [9.17, 15) is 23.5 Å². The summed E-state index contributed by atoms with van der Waals surface area (Å²) in [5.74, 6) is -1.55. The summed E-state index contributed by atoms with van der Waals surface area (Å²) in [5.41, 5.74) is 3.83. The Kier molecular flexibility index (Phi) is 7.87. The van der Waals surface area contributed by atoms with Gasteiger partial charge in [0, 0.05) is 38.2 Å². The van der Waals surface area contributed by atoms with Gasteiger partial charge in [-0.15, -0.1) is 0 Å². The minimum Gasteiger partial charge on any atom is -0.388 e.